The minimum Gasteiger partial charge on any atom is -0.331 e. The number of amides is 1. The first-order valence-corrected chi connectivity index (χ1v) is 12.6. The molecule has 0 saturated heterocycles. The fourth-order valence-corrected chi connectivity index (χ4v) is 4.59. The van der Waals surface area contributed by atoms with Gasteiger partial charge >= 0.3 is 0 Å². The highest BCUT2D eigenvalue weighted by molar-refractivity contribution is 9.10. The fourth-order valence-electron chi connectivity index (χ4n) is 3.66. The van der Waals surface area contributed by atoms with E-state index in [1.54, 1.807) is 36.4 Å². The number of H-pyrrole nitrogens is 1. The van der Waals surface area contributed by atoms with Crippen molar-refractivity contribution in [2.75, 3.05) is 6.26 Å². The van der Waals surface area contributed by atoms with E-state index in [0.29, 0.717) is 20.4 Å². The summed E-state index contributed by atoms with van der Waals surface area (Å²) in [6.45, 7) is -0.103. The molecule has 33 heavy (non-hydrogen) atoms. The van der Waals surface area contributed by atoms with Gasteiger partial charge in [-0.3, -0.25) is 9.59 Å². The normalized spacial score (nSPS) is 11.6. The van der Waals surface area contributed by atoms with Crippen molar-refractivity contribution in [3.8, 4) is 11.1 Å². The van der Waals surface area contributed by atoms with Gasteiger partial charge in [0.15, 0.2) is 0 Å². The molecule has 7 nitrogen and oxygen atoms in total. The maximum Gasteiger partial charge on any atom is 0.282 e. The smallest absolute Gasteiger partial charge is 0.282 e. The van der Waals surface area contributed by atoms with Crippen LogP contribution in [0.3, 0.4) is 0 Å². The van der Waals surface area contributed by atoms with Gasteiger partial charge in [-0.25, -0.2) is 17.5 Å². The molecule has 2 aromatic heterocycles. The highest BCUT2D eigenvalue weighted by Gasteiger charge is 2.27. The number of aromatic nitrogens is 2. The number of carbonyl (C=O) groups excluding carboxylic acids is 1. The zero-order valence-electron chi connectivity index (χ0n) is 17.0. The Hall–Kier alpha value is -2.95. The predicted molar refractivity (Wildman–Crippen MR) is 129 cm³/mol. The first kappa shape index (κ1) is 23.2. The van der Waals surface area contributed by atoms with E-state index in [9.17, 15) is 22.4 Å². The number of sulfonamides is 1. The second kappa shape index (κ2) is 8.77. The third kappa shape index (κ3) is 4.73. The monoisotopic (exact) mass is 551 g/mol. The van der Waals surface area contributed by atoms with Crippen molar-refractivity contribution in [2.45, 2.75) is 6.54 Å². The maximum absolute atomic E-state index is 14.7. The molecule has 0 aliphatic carbocycles. The van der Waals surface area contributed by atoms with E-state index >= 15 is 0 Å². The highest BCUT2D eigenvalue weighted by atomic mass is 79.9. The number of halogens is 3. The minimum absolute atomic E-state index is 0.103. The Morgan fingerprint density at radius 3 is 2.64 bits per heavy atom. The summed E-state index contributed by atoms with van der Waals surface area (Å²) in [6, 6.07) is 12.4. The zero-order valence-corrected chi connectivity index (χ0v) is 20.2. The van der Waals surface area contributed by atoms with Crippen molar-refractivity contribution in [1.29, 1.82) is 0 Å². The van der Waals surface area contributed by atoms with Gasteiger partial charge in [0.25, 0.3) is 11.5 Å². The molecule has 0 aliphatic heterocycles. The Morgan fingerprint density at radius 2 is 1.97 bits per heavy atom. The summed E-state index contributed by atoms with van der Waals surface area (Å²) in [4.78, 5) is 28.4. The van der Waals surface area contributed by atoms with Crippen LogP contribution in [-0.2, 0) is 16.6 Å². The van der Waals surface area contributed by atoms with Crippen molar-refractivity contribution < 1.29 is 17.6 Å². The van der Waals surface area contributed by atoms with Gasteiger partial charge in [-0.15, -0.1) is 0 Å². The van der Waals surface area contributed by atoms with Crippen molar-refractivity contribution in [2.24, 2.45) is 0 Å². The molecule has 2 N–H and O–H groups in total. The summed E-state index contributed by atoms with van der Waals surface area (Å²) >= 11 is 9.42. The third-order valence-electron chi connectivity index (χ3n) is 4.95. The van der Waals surface area contributed by atoms with Crippen LogP contribution in [0.5, 0.6) is 0 Å². The lowest BCUT2D eigenvalue weighted by Gasteiger charge is -2.13. The van der Waals surface area contributed by atoms with E-state index in [0.717, 1.165) is 6.26 Å². The van der Waals surface area contributed by atoms with Crippen LogP contribution in [-0.4, -0.2) is 30.1 Å². The van der Waals surface area contributed by atoms with Crippen LogP contribution >= 0.6 is 27.5 Å². The van der Waals surface area contributed by atoms with Crippen molar-refractivity contribution in [3.63, 3.8) is 0 Å². The number of benzene rings is 2. The molecule has 11 heteroatoms. The molecule has 0 bridgehead atoms. The molecule has 0 saturated carbocycles. The lowest BCUT2D eigenvalue weighted by atomic mass is 10.0. The molecule has 2 heterocycles. The average molecular weight is 553 g/mol. The highest BCUT2D eigenvalue weighted by Crippen LogP contribution is 2.36. The largest absolute Gasteiger partial charge is 0.331 e. The van der Waals surface area contributed by atoms with E-state index in [4.69, 9.17) is 11.6 Å². The molecule has 0 spiro atoms. The summed E-state index contributed by atoms with van der Waals surface area (Å²) in [7, 11) is -3.93. The predicted octanol–water partition coefficient (Wildman–Crippen LogP) is 4.29. The lowest BCUT2D eigenvalue weighted by Crippen LogP contribution is -2.32. The molecular weight excluding hydrogens is 537 g/mol. The quantitative estimate of drug-likeness (QED) is 0.386. The average Bonchev–Trinajstić information content (AvgIpc) is 3.02. The topological polar surface area (TPSA) is 101 Å². The van der Waals surface area contributed by atoms with E-state index in [1.807, 2.05) is 4.72 Å². The van der Waals surface area contributed by atoms with Crippen LogP contribution in [0.4, 0.5) is 4.39 Å². The van der Waals surface area contributed by atoms with Gasteiger partial charge in [0.2, 0.25) is 10.0 Å². The number of hydrogen-bond acceptors (Lipinski definition) is 4. The first-order valence-electron chi connectivity index (χ1n) is 9.51. The number of fused-ring (bicyclic) bond motifs is 1. The molecule has 0 atom stereocenters. The second-order valence-electron chi connectivity index (χ2n) is 7.32. The van der Waals surface area contributed by atoms with E-state index in [1.165, 1.54) is 22.9 Å². The summed E-state index contributed by atoms with van der Waals surface area (Å²) < 4.78 is 42.4. The standard InChI is InChI=1S/C22H16BrClFN3O4S/c1-33(31,32)27-22(30)20-19(15-3-2-8-26-21(15)29)16-10-14(24)6-7-18(16)28(20)11-12-4-5-13(23)9-17(12)25/h2-10H,11H2,1H3,(H,26,29)(H,27,30). The Bertz CT molecular complexity index is 1580. The van der Waals surface area contributed by atoms with Crippen LogP contribution in [0.2, 0.25) is 5.02 Å². The molecule has 1 amide bonds. The number of carbonyl (C=O) groups is 1. The Morgan fingerprint density at radius 1 is 1.21 bits per heavy atom. The molecular formula is C22H16BrClFN3O4S. The number of hydrogen-bond donors (Lipinski definition) is 2. The van der Waals surface area contributed by atoms with Crippen molar-refractivity contribution >= 4 is 54.4 Å². The van der Waals surface area contributed by atoms with Crippen molar-refractivity contribution in [3.05, 3.63) is 91.7 Å². The molecule has 170 valence electrons. The van der Waals surface area contributed by atoms with Crippen LogP contribution in [0.15, 0.2) is 64.0 Å². The van der Waals surface area contributed by atoms with Crippen LogP contribution in [0.25, 0.3) is 22.0 Å². The van der Waals surface area contributed by atoms with Gasteiger partial charge in [0.1, 0.15) is 11.5 Å². The Balaban J connectivity index is 2.09. The lowest BCUT2D eigenvalue weighted by molar-refractivity contribution is 0.0974. The Kier molecular flexibility index (Phi) is 6.17. The molecule has 0 fully saturated rings. The van der Waals surface area contributed by atoms with E-state index in [2.05, 4.69) is 20.9 Å². The summed E-state index contributed by atoms with van der Waals surface area (Å²) in [5.74, 6) is -1.48. The SMILES string of the molecule is CS(=O)(=O)NC(=O)c1c(-c2ccc[nH]c2=O)c2cc(Cl)ccc2n1Cc1ccc(Br)cc1F. The zero-order chi connectivity index (χ0) is 23.9. The second-order valence-corrected chi connectivity index (χ2v) is 10.4. The summed E-state index contributed by atoms with van der Waals surface area (Å²) in [5, 5.41) is 0.786. The van der Waals surface area contributed by atoms with Gasteiger partial charge in [-0.2, -0.15) is 0 Å². The van der Waals surface area contributed by atoms with Crippen molar-refractivity contribution in [1.82, 2.24) is 14.3 Å². The molecule has 4 aromatic rings. The molecule has 0 unspecified atom stereocenters. The number of nitrogens with one attached hydrogen (secondary N) is 2. The maximum atomic E-state index is 14.7. The van der Waals surface area contributed by atoms with Gasteiger partial charge in [-0.1, -0.05) is 33.6 Å². The van der Waals surface area contributed by atoms with E-state index in [-0.39, 0.29) is 28.9 Å². The molecule has 2 aromatic carbocycles. The molecule has 4 rings (SSSR count). The van der Waals surface area contributed by atoms with Gasteiger partial charge in [-0.05, 0) is 42.5 Å². The number of pyridine rings is 1. The first-order chi connectivity index (χ1) is 15.5. The summed E-state index contributed by atoms with van der Waals surface area (Å²) in [5.41, 5.74) is 0.452. The van der Waals surface area contributed by atoms with E-state index < -0.39 is 27.3 Å². The molecule has 0 radical (unpaired) electrons. The molecule has 0 aliphatic rings. The summed E-state index contributed by atoms with van der Waals surface area (Å²) in [6.07, 6.45) is 2.28. The third-order valence-corrected chi connectivity index (χ3v) is 6.23. The van der Waals surface area contributed by atoms with Gasteiger partial charge in [0.05, 0.1) is 12.8 Å². The number of nitrogens with zero attached hydrogens (tertiary/aromatic N) is 1. The van der Waals surface area contributed by atoms with Gasteiger partial charge < -0.3 is 9.55 Å². The number of rotatable bonds is 5. The van der Waals surface area contributed by atoms with Crippen LogP contribution in [0.1, 0.15) is 16.1 Å². The fraction of sp³-hybridized carbons (Fsp3) is 0.0909. The number of aromatic amines is 1. The minimum atomic E-state index is -3.93. The van der Waals surface area contributed by atoms with Gasteiger partial charge in [0, 0.05) is 43.3 Å². The van der Waals surface area contributed by atoms with Crippen LogP contribution < -0.4 is 10.3 Å². The Labute approximate surface area is 201 Å². The van der Waals surface area contributed by atoms with Crippen LogP contribution in [0, 0.1) is 5.82 Å².